The van der Waals surface area contributed by atoms with Crippen LogP contribution in [0.25, 0.3) is 0 Å². The Kier molecular flexibility index (Phi) is 4.06. The summed E-state index contributed by atoms with van der Waals surface area (Å²) in [5.41, 5.74) is 9.42. The van der Waals surface area contributed by atoms with Gasteiger partial charge in [-0.2, -0.15) is 5.10 Å². The van der Waals surface area contributed by atoms with E-state index >= 15 is 0 Å². The number of sulfonamides is 1. The number of nitrogens with two attached hydrogens (primary N) is 1. The Hall–Kier alpha value is -1.86. The molecular weight excluding hydrogens is 288 g/mol. The summed E-state index contributed by atoms with van der Waals surface area (Å²) < 4.78 is 29.3. The van der Waals surface area contributed by atoms with E-state index in [1.807, 2.05) is 6.92 Å². The Bertz CT molecular complexity index is 779. The Morgan fingerprint density at radius 3 is 2.52 bits per heavy atom. The normalized spacial score (nSPS) is 11.8. The maximum atomic E-state index is 12.5. The molecule has 0 aliphatic heterocycles. The highest BCUT2D eigenvalue weighted by atomic mass is 32.2. The molecule has 0 atom stereocenters. The van der Waals surface area contributed by atoms with Crippen LogP contribution < -0.4 is 10.5 Å². The number of anilines is 1. The molecule has 3 N–H and O–H groups in total. The maximum Gasteiger partial charge on any atom is 0.241 e. The number of nitrogen functional groups attached to an aromatic ring is 1. The van der Waals surface area contributed by atoms with E-state index < -0.39 is 10.0 Å². The van der Waals surface area contributed by atoms with Crippen LogP contribution in [0.2, 0.25) is 0 Å². The van der Waals surface area contributed by atoms with Crippen LogP contribution >= 0.6 is 0 Å². The minimum Gasteiger partial charge on any atom is -0.398 e. The topological polar surface area (TPSA) is 90.0 Å². The van der Waals surface area contributed by atoms with Gasteiger partial charge in [0, 0.05) is 18.9 Å². The number of nitrogens with one attached hydrogen (secondary N) is 1. The lowest BCUT2D eigenvalue weighted by Gasteiger charge is -2.15. The van der Waals surface area contributed by atoms with E-state index in [2.05, 4.69) is 9.82 Å². The third-order valence-corrected chi connectivity index (χ3v) is 5.29. The summed E-state index contributed by atoms with van der Waals surface area (Å²) in [6.45, 7) is 5.56. The summed E-state index contributed by atoms with van der Waals surface area (Å²) in [4.78, 5) is 0.257. The lowest BCUT2D eigenvalue weighted by atomic mass is 10.1. The maximum absolute atomic E-state index is 12.5. The Balaban J connectivity index is 2.37. The van der Waals surface area contributed by atoms with Gasteiger partial charge in [-0.15, -0.1) is 0 Å². The fraction of sp³-hybridized carbons (Fsp3) is 0.357. The molecule has 0 aliphatic carbocycles. The summed E-state index contributed by atoms with van der Waals surface area (Å²) >= 11 is 0. The van der Waals surface area contributed by atoms with Gasteiger partial charge in [-0.1, -0.05) is 6.07 Å². The summed E-state index contributed by atoms with van der Waals surface area (Å²) in [5.74, 6) is 0. The fourth-order valence-electron chi connectivity index (χ4n) is 2.41. The van der Waals surface area contributed by atoms with Gasteiger partial charge in [-0.3, -0.25) is 4.68 Å². The molecule has 1 aromatic carbocycles. The van der Waals surface area contributed by atoms with Crippen molar-refractivity contribution >= 4 is 15.7 Å². The SMILES string of the molecule is Cc1cc(C)c(S(=O)(=O)NCc2ccnn2C)c(C)c1N. The quantitative estimate of drug-likeness (QED) is 0.836. The Morgan fingerprint density at radius 2 is 1.95 bits per heavy atom. The van der Waals surface area contributed by atoms with Crippen molar-refractivity contribution in [1.82, 2.24) is 14.5 Å². The number of benzene rings is 1. The van der Waals surface area contributed by atoms with E-state index in [0.717, 1.165) is 11.3 Å². The van der Waals surface area contributed by atoms with E-state index in [9.17, 15) is 8.42 Å². The lowest BCUT2D eigenvalue weighted by Crippen LogP contribution is -2.26. The predicted molar refractivity (Wildman–Crippen MR) is 82.3 cm³/mol. The van der Waals surface area contributed by atoms with E-state index in [0.29, 0.717) is 16.8 Å². The van der Waals surface area contributed by atoms with Crippen molar-refractivity contribution in [3.63, 3.8) is 0 Å². The molecule has 0 amide bonds. The highest BCUT2D eigenvalue weighted by molar-refractivity contribution is 7.89. The first-order valence-electron chi connectivity index (χ1n) is 6.57. The van der Waals surface area contributed by atoms with Crippen molar-refractivity contribution in [3.05, 3.63) is 40.7 Å². The zero-order chi connectivity index (χ0) is 15.8. The first kappa shape index (κ1) is 15.5. The van der Waals surface area contributed by atoms with Crippen molar-refractivity contribution in [1.29, 1.82) is 0 Å². The minimum absolute atomic E-state index is 0.186. The number of nitrogens with zero attached hydrogens (tertiary/aromatic N) is 2. The standard InChI is InChI=1S/C14H20N4O2S/c1-9-7-10(2)14(11(3)13(9)15)21(19,20)17-8-12-5-6-16-18(12)4/h5-7,17H,8,15H2,1-4H3. The number of aryl methyl sites for hydroxylation is 3. The molecule has 1 heterocycles. The highest BCUT2D eigenvalue weighted by Gasteiger charge is 2.22. The molecule has 0 radical (unpaired) electrons. The molecule has 0 spiro atoms. The van der Waals surface area contributed by atoms with E-state index in [-0.39, 0.29) is 11.4 Å². The average molecular weight is 308 g/mol. The smallest absolute Gasteiger partial charge is 0.241 e. The van der Waals surface area contributed by atoms with Gasteiger partial charge < -0.3 is 5.73 Å². The van der Waals surface area contributed by atoms with Gasteiger partial charge in [0.05, 0.1) is 17.1 Å². The number of rotatable bonds is 4. The van der Waals surface area contributed by atoms with E-state index in [4.69, 9.17) is 5.73 Å². The Morgan fingerprint density at radius 1 is 1.29 bits per heavy atom. The summed E-state index contributed by atoms with van der Waals surface area (Å²) in [7, 11) is -1.86. The van der Waals surface area contributed by atoms with Gasteiger partial charge in [0.1, 0.15) is 0 Å². The molecule has 6 nitrogen and oxygen atoms in total. The van der Waals surface area contributed by atoms with E-state index in [1.54, 1.807) is 43.9 Å². The van der Waals surface area contributed by atoms with Gasteiger partial charge >= 0.3 is 0 Å². The van der Waals surface area contributed by atoms with Crippen LogP contribution in [0.15, 0.2) is 23.2 Å². The number of aromatic nitrogens is 2. The third-order valence-electron chi connectivity index (χ3n) is 3.60. The highest BCUT2D eigenvalue weighted by Crippen LogP contribution is 2.27. The predicted octanol–water partition coefficient (Wildman–Crippen LogP) is 1.41. The first-order chi connectivity index (χ1) is 9.74. The van der Waals surface area contributed by atoms with Gasteiger partial charge in [0.15, 0.2) is 0 Å². The van der Waals surface area contributed by atoms with Gasteiger partial charge in [-0.25, -0.2) is 13.1 Å². The Labute approximate surface area is 125 Å². The summed E-state index contributed by atoms with van der Waals surface area (Å²) in [5, 5.41) is 4.01. The molecule has 0 unspecified atom stereocenters. The molecule has 0 bridgehead atoms. The van der Waals surface area contributed by atoms with Crippen LogP contribution in [0.1, 0.15) is 22.4 Å². The molecule has 114 valence electrons. The molecule has 0 saturated heterocycles. The molecule has 21 heavy (non-hydrogen) atoms. The second-order valence-corrected chi connectivity index (χ2v) is 6.85. The molecule has 2 rings (SSSR count). The summed E-state index contributed by atoms with van der Waals surface area (Å²) in [6, 6.07) is 3.56. The number of hydrogen-bond acceptors (Lipinski definition) is 4. The zero-order valence-corrected chi connectivity index (χ0v) is 13.5. The van der Waals surface area contributed by atoms with Gasteiger partial charge in [0.2, 0.25) is 10.0 Å². The molecule has 0 fully saturated rings. The molecule has 1 aromatic heterocycles. The molecule has 7 heteroatoms. The van der Waals surface area contributed by atoms with Crippen LogP contribution in [-0.4, -0.2) is 18.2 Å². The van der Waals surface area contributed by atoms with Crippen molar-refractivity contribution in [2.45, 2.75) is 32.2 Å². The van der Waals surface area contributed by atoms with Crippen LogP contribution in [-0.2, 0) is 23.6 Å². The van der Waals surface area contributed by atoms with Crippen molar-refractivity contribution in [2.75, 3.05) is 5.73 Å². The fourth-order valence-corrected chi connectivity index (χ4v) is 3.89. The van der Waals surface area contributed by atoms with Crippen LogP contribution in [0, 0.1) is 20.8 Å². The second-order valence-electron chi connectivity index (χ2n) is 5.15. The zero-order valence-electron chi connectivity index (χ0n) is 12.6. The summed E-state index contributed by atoms with van der Waals surface area (Å²) in [6.07, 6.45) is 1.63. The van der Waals surface area contributed by atoms with E-state index in [1.165, 1.54) is 0 Å². The van der Waals surface area contributed by atoms with Crippen molar-refractivity contribution < 1.29 is 8.42 Å². The molecular formula is C14H20N4O2S. The van der Waals surface area contributed by atoms with Gasteiger partial charge in [-0.05, 0) is 43.5 Å². The second kappa shape index (κ2) is 5.50. The largest absolute Gasteiger partial charge is 0.398 e. The van der Waals surface area contributed by atoms with Crippen LogP contribution in [0.5, 0.6) is 0 Å². The van der Waals surface area contributed by atoms with Crippen molar-refractivity contribution in [2.24, 2.45) is 7.05 Å². The molecule has 2 aromatic rings. The molecule has 0 aliphatic rings. The number of hydrogen-bond donors (Lipinski definition) is 2. The van der Waals surface area contributed by atoms with Crippen LogP contribution in [0.3, 0.4) is 0 Å². The van der Waals surface area contributed by atoms with Crippen molar-refractivity contribution in [3.8, 4) is 0 Å². The van der Waals surface area contributed by atoms with Crippen LogP contribution in [0.4, 0.5) is 5.69 Å². The third kappa shape index (κ3) is 2.93. The lowest BCUT2D eigenvalue weighted by molar-refractivity contribution is 0.576. The minimum atomic E-state index is -3.62. The average Bonchev–Trinajstić information content (AvgIpc) is 2.79. The van der Waals surface area contributed by atoms with Gasteiger partial charge in [0.25, 0.3) is 0 Å². The first-order valence-corrected chi connectivity index (χ1v) is 8.05. The monoisotopic (exact) mass is 308 g/mol. The molecule has 0 saturated carbocycles.